The Hall–Kier alpha value is -3.66. The van der Waals surface area contributed by atoms with Crippen LogP contribution in [0.25, 0.3) is 10.8 Å². The molecule has 0 heterocycles. The standard InChI is InChI=1S/C21H21N3O6S/c1-3-31(28,29)15-8-10-17(25)16(11-15)23-24-20-18(26)9-7-13-5-4-6-14(19(13)20)12-30-21(27)22-2/h4-11,25-26H,3,12H2,1-2H3,(H,22,27). The molecular formula is C21H21N3O6S. The predicted molar refractivity (Wildman–Crippen MR) is 115 cm³/mol. The molecule has 10 heteroatoms. The van der Waals surface area contributed by atoms with Crippen molar-refractivity contribution in [1.29, 1.82) is 0 Å². The molecule has 0 aliphatic heterocycles. The molecule has 1 amide bonds. The van der Waals surface area contributed by atoms with Crippen molar-refractivity contribution in [3.63, 3.8) is 0 Å². The molecule has 3 aromatic rings. The number of benzene rings is 3. The third kappa shape index (κ3) is 4.75. The second-order valence-corrected chi connectivity index (χ2v) is 8.81. The van der Waals surface area contributed by atoms with Crippen molar-refractivity contribution in [1.82, 2.24) is 5.32 Å². The Morgan fingerprint density at radius 3 is 2.52 bits per heavy atom. The van der Waals surface area contributed by atoms with Crippen LogP contribution in [-0.2, 0) is 21.2 Å². The van der Waals surface area contributed by atoms with Gasteiger partial charge in [0, 0.05) is 12.4 Å². The predicted octanol–water partition coefficient (Wildman–Crippen LogP) is 4.32. The average molecular weight is 443 g/mol. The molecule has 31 heavy (non-hydrogen) atoms. The number of aromatic hydroxyl groups is 2. The molecular weight excluding hydrogens is 422 g/mol. The van der Waals surface area contributed by atoms with E-state index in [0.29, 0.717) is 10.9 Å². The van der Waals surface area contributed by atoms with E-state index < -0.39 is 15.9 Å². The molecule has 3 aromatic carbocycles. The zero-order valence-corrected chi connectivity index (χ0v) is 17.7. The van der Waals surface area contributed by atoms with Crippen molar-refractivity contribution >= 4 is 38.1 Å². The average Bonchev–Trinajstić information content (AvgIpc) is 2.77. The number of nitrogens with one attached hydrogen (secondary N) is 1. The Balaban J connectivity index is 2.09. The lowest BCUT2D eigenvalue weighted by molar-refractivity contribution is 0.142. The van der Waals surface area contributed by atoms with Gasteiger partial charge in [-0.1, -0.05) is 31.2 Å². The van der Waals surface area contributed by atoms with Crippen LogP contribution < -0.4 is 5.32 Å². The zero-order valence-electron chi connectivity index (χ0n) is 16.9. The van der Waals surface area contributed by atoms with Crippen LogP contribution in [0.15, 0.2) is 63.7 Å². The first-order valence-electron chi connectivity index (χ1n) is 9.32. The number of amides is 1. The number of hydrogen-bond donors (Lipinski definition) is 3. The molecule has 0 aromatic heterocycles. The summed E-state index contributed by atoms with van der Waals surface area (Å²) in [6.07, 6.45) is -0.612. The van der Waals surface area contributed by atoms with Gasteiger partial charge in [-0.05, 0) is 35.2 Å². The summed E-state index contributed by atoms with van der Waals surface area (Å²) in [7, 11) is -2.06. The number of azo groups is 1. The minimum absolute atomic E-state index is 0.00330. The van der Waals surface area contributed by atoms with E-state index in [4.69, 9.17) is 4.74 Å². The van der Waals surface area contributed by atoms with Crippen molar-refractivity contribution in [3.05, 3.63) is 54.1 Å². The van der Waals surface area contributed by atoms with Crippen molar-refractivity contribution in [2.24, 2.45) is 10.2 Å². The summed E-state index contributed by atoms with van der Waals surface area (Å²) in [5.41, 5.74) is 0.610. The fourth-order valence-electron chi connectivity index (χ4n) is 2.91. The molecule has 0 unspecified atom stereocenters. The second-order valence-electron chi connectivity index (χ2n) is 6.53. The number of carbonyl (C=O) groups excluding carboxylic acids is 1. The smallest absolute Gasteiger partial charge is 0.407 e. The number of alkyl carbamates (subject to hydrolysis) is 1. The van der Waals surface area contributed by atoms with Gasteiger partial charge in [0.05, 0.1) is 10.6 Å². The molecule has 3 rings (SSSR count). The van der Waals surface area contributed by atoms with Crippen LogP contribution in [-0.4, -0.2) is 37.5 Å². The highest BCUT2D eigenvalue weighted by Gasteiger charge is 2.15. The van der Waals surface area contributed by atoms with Gasteiger partial charge in [-0.15, -0.1) is 10.2 Å². The normalized spacial score (nSPS) is 11.7. The molecule has 9 nitrogen and oxygen atoms in total. The maximum Gasteiger partial charge on any atom is 0.407 e. The Bertz CT molecular complexity index is 1270. The van der Waals surface area contributed by atoms with Crippen LogP contribution in [0.5, 0.6) is 11.5 Å². The summed E-state index contributed by atoms with van der Waals surface area (Å²) in [6, 6.07) is 12.1. The van der Waals surface area contributed by atoms with Crippen LogP contribution >= 0.6 is 0 Å². The Labute approximate surface area is 178 Å². The highest BCUT2D eigenvalue weighted by atomic mass is 32.2. The Kier molecular flexibility index (Phi) is 6.40. The van der Waals surface area contributed by atoms with E-state index >= 15 is 0 Å². The molecule has 3 N–H and O–H groups in total. The summed E-state index contributed by atoms with van der Waals surface area (Å²) in [5.74, 6) is -0.546. The van der Waals surface area contributed by atoms with Crippen molar-refractivity contribution in [2.45, 2.75) is 18.4 Å². The molecule has 0 spiro atoms. The summed E-state index contributed by atoms with van der Waals surface area (Å²) >= 11 is 0. The van der Waals surface area contributed by atoms with Gasteiger partial charge >= 0.3 is 6.09 Å². The lowest BCUT2D eigenvalue weighted by atomic mass is 10.0. The number of hydrogen-bond acceptors (Lipinski definition) is 8. The van der Waals surface area contributed by atoms with Gasteiger partial charge in [-0.25, -0.2) is 13.2 Å². The summed E-state index contributed by atoms with van der Waals surface area (Å²) in [6.45, 7) is 1.44. The van der Waals surface area contributed by atoms with E-state index in [1.165, 1.54) is 38.2 Å². The summed E-state index contributed by atoms with van der Waals surface area (Å²) in [4.78, 5) is 11.5. The Morgan fingerprint density at radius 2 is 1.81 bits per heavy atom. The molecule has 0 radical (unpaired) electrons. The van der Waals surface area contributed by atoms with Gasteiger partial charge in [0.15, 0.2) is 9.84 Å². The highest BCUT2D eigenvalue weighted by Crippen LogP contribution is 2.39. The minimum Gasteiger partial charge on any atom is -0.506 e. The van der Waals surface area contributed by atoms with Gasteiger partial charge in [-0.2, -0.15) is 0 Å². The molecule has 0 aliphatic rings. The van der Waals surface area contributed by atoms with E-state index in [-0.39, 0.29) is 40.1 Å². The highest BCUT2D eigenvalue weighted by molar-refractivity contribution is 7.91. The fraction of sp³-hybridized carbons (Fsp3) is 0.190. The molecule has 0 atom stereocenters. The summed E-state index contributed by atoms with van der Waals surface area (Å²) in [5, 5.41) is 32.1. The second kappa shape index (κ2) is 9.00. The number of phenols is 2. The lowest BCUT2D eigenvalue weighted by Crippen LogP contribution is -2.18. The van der Waals surface area contributed by atoms with Gasteiger partial charge in [0.1, 0.15) is 29.5 Å². The van der Waals surface area contributed by atoms with E-state index in [1.54, 1.807) is 24.3 Å². The SMILES string of the molecule is CCS(=O)(=O)c1ccc(O)c(N=Nc2c(O)ccc3cccc(COC(=O)NC)c23)c1. The molecule has 0 bridgehead atoms. The number of ether oxygens (including phenoxy) is 1. The number of sulfone groups is 1. The van der Waals surface area contributed by atoms with E-state index in [0.717, 1.165) is 5.39 Å². The zero-order chi connectivity index (χ0) is 22.6. The number of nitrogens with zero attached hydrogens (tertiary/aromatic N) is 2. The van der Waals surface area contributed by atoms with Crippen LogP contribution in [0.1, 0.15) is 12.5 Å². The van der Waals surface area contributed by atoms with Crippen LogP contribution in [0, 0.1) is 0 Å². The van der Waals surface area contributed by atoms with Gasteiger partial charge in [0.2, 0.25) is 0 Å². The maximum absolute atomic E-state index is 12.1. The third-order valence-electron chi connectivity index (χ3n) is 4.59. The molecule has 162 valence electrons. The molecule has 0 fully saturated rings. The number of carbonyl (C=O) groups is 1. The van der Waals surface area contributed by atoms with Crippen LogP contribution in [0.4, 0.5) is 16.2 Å². The van der Waals surface area contributed by atoms with Crippen molar-refractivity contribution < 1.29 is 28.2 Å². The van der Waals surface area contributed by atoms with Gasteiger partial charge in [0.25, 0.3) is 0 Å². The third-order valence-corrected chi connectivity index (χ3v) is 6.32. The lowest BCUT2D eigenvalue weighted by Gasteiger charge is -2.11. The summed E-state index contributed by atoms with van der Waals surface area (Å²) < 4.78 is 29.4. The van der Waals surface area contributed by atoms with Crippen LogP contribution in [0.3, 0.4) is 0 Å². The number of rotatable bonds is 6. The van der Waals surface area contributed by atoms with Crippen molar-refractivity contribution in [3.8, 4) is 11.5 Å². The largest absolute Gasteiger partial charge is 0.506 e. The fourth-order valence-corrected chi connectivity index (χ4v) is 3.81. The molecule has 0 saturated carbocycles. The number of phenolic OH excluding ortho intramolecular Hbond substituents is 2. The first-order valence-corrected chi connectivity index (χ1v) is 11.0. The quantitative estimate of drug-likeness (QED) is 0.485. The first-order chi connectivity index (χ1) is 14.8. The van der Waals surface area contributed by atoms with Crippen molar-refractivity contribution in [2.75, 3.05) is 12.8 Å². The van der Waals surface area contributed by atoms with Crippen LogP contribution in [0.2, 0.25) is 0 Å². The van der Waals surface area contributed by atoms with Gasteiger partial charge in [-0.3, -0.25) is 0 Å². The van der Waals surface area contributed by atoms with E-state index in [9.17, 15) is 23.4 Å². The minimum atomic E-state index is -3.50. The monoisotopic (exact) mass is 443 g/mol. The Morgan fingerprint density at radius 1 is 1.06 bits per heavy atom. The first kappa shape index (κ1) is 22.0. The van der Waals surface area contributed by atoms with E-state index in [2.05, 4.69) is 15.5 Å². The molecule has 0 saturated heterocycles. The topological polar surface area (TPSA) is 138 Å². The van der Waals surface area contributed by atoms with Gasteiger partial charge < -0.3 is 20.3 Å². The number of fused-ring (bicyclic) bond motifs is 1. The van der Waals surface area contributed by atoms with E-state index in [1.807, 2.05) is 0 Å². The maximum atomic E-state index is 12.1. The molecule has 0 aliphatic carbocycles.